The van der Waals surface area contributed by atoms with Gasteiger partial charge in [0, 0.05) is 28.7 Å². The Kier molecular flexibility index (Phi) is 5.52. The molecule has 0 aliphatic rings. The summed E-state index contributed by atoms with van der Waals surface area (Å²) in [5.74, 6) is -0.0909. The molecule has 0 saturated heterocycles. The minimum absolute atomic E-state index is 0.0909. The number of hydrogen-bond acceptors (Lipinski definition) is 4. The highest BCUT2D eigenvalue weighted by Crippen LogP contribution is 2.25. The van der Waals surface area contributed by atoms with Crippen LogP contribution in [0.25, 0.3) is 10.1 Å². The van der Waals surface area contributed by atoms with Gasteiger partial charge in [0.1, 0.15) is 0 Å². The van der Waals surface area contributed by atoms with Gasteiger partial charge in [-0.05, 0) is 19.9 Å². The molecule has 0 radical (unpaired) electrons. The molecule has 1 heterocycles. The lowest BCUT2D eigenvalue weighted by Crippen LogP contribution is -2.35. The lowest BCUT2D eigenvalue weighted by Gasteiger charge is -2.17. The molecule has 0 fully saturated rings. The minimum Gasteiger partial charge on any atom is -0.351 e. The summed E-state index contributed by atoms with van der Waals surface area (Å²) in [7, 11) is 0. The molecule has 0 spiro atoms. The van der Waals surface area contributed by atoms with Crippen LogP contribution in [0.2, 0.25) is 0 Å². The fourth-order valence-corrected chi connectivity index (χ4v) is 2.90. The summed E-state index contributed by atoms with van der Waals surface area (Å²) in [6.07, 6.45) is -0.390. The second kappa shape index (κ2) is 7.38. The zero-order valence-corrected chi connectivity index (χ0v) is 12.5. The smallest absolute Gasteiger partial charge is 0.252 e. The first-order chi connectivity index (χ1) is 9.76. The number of amides is 1. The van der Waals surface area contributed by atoms with Crippen LogP contribution in [0.4, 0.5) is 0 Å². The second-order valence-electron chi connectivity index (χ2n) is 4.20. The van der Waals surface area contributed by atoms with Gasteiger partial charge in [-0.15, -0.1) is 11.3 Å². The lowest BCUT2D eigenvalue weighted by atomic mass is 10.1. The zero-order valence-electron chi connectivity index (χ0n) is 11.7. The van der Waals surface area contributed by atoms with Crippen LogP contribution in [0.15, 0.2) is 29.6 Å². The maximum absolute atomic E-state index is 12.2. The van der Waals surface area contributed by atoms with E-state index in [1.807, 2.05) is 43.5 Å². The number of carbonyl (C=O) groups excluding carboxylic acids is 1. The van der Waals surface area contributed by atoms with Crippen LogP contribution >= 0.6 is 11.3 Å². The van der Waals surface area contributed by atoms with Gasteiger partial charge in [-0.1, -0.05) is 18.2 Å². The number of rotatable bonds is 7. The highest BCUT2D eigenvalue weighted by Gasteiger charge is 2.14. The van der Waals surface area contributed by atoms with Crippen molar-refractivity contribution in [3.63, 3.8) is 0 Å². The Morgan fingerprint density at radius 3 is 2.65 bits per heavy atom. The van der Waals surface area contributed by atoms with Crippen molar-refractivity contribution in [3.8, 4) is 0 Å². The molecule has 1 aromatic heterocycles. The van der Waals surface area contributed by atoms with Crippen LogP contribution in [-0.4, -0.2) is 32.0 Å². The Labute approximate surface area is 122 Å². The van der Waals surface area contributed by atoms with Crippen molar-refractivity contribution < 1.29 is 14.3 Å². The first-order valence-electron chi connectivity index (χ1n) is 6.73. The van der Waals surface area contributed by atoms with Crippen LogP contribution in [0.5, 0.6) is 0 Å². The molecule has 5 heteroatoms. The molecule has 2 aromatic rings. The average Bonchev–Trinajstić information content (AvgIpc) is 2.89. The molecule has 0 saturated carbocycles. The molecule has 0 aliphatic carbocycles. The molecule has 20 heavy (non-hydrogen) atoms. The Morgan fingerprint density at radius 2 is 1.95 bits per heavy atom. The Bertz CT molecular complexity index is 561. The third kappa shape index (κ3) is 3.56. The fourth-order valence-electron chi connectivity index (χ4n) is 1.96. The second-order valence-corrected chi connectivity index (χ2v) is 5.11. The molecule has 0 unspecified atom stereocenters. The summed E-state index contributed by atoms with van der Waals surface area (Å²) in [6.45, 7) is 5.27. The van der Waals surface area contributed by atoms with E-state index in [4.69, 9.17) is 9.47 Å². The minimum atomic E-state index is -0.390. The van der Waals surface area contributed by atoms with Crippen LogP contribution in [-0.2, 0) is 9.47 Å². The molecular weight excluding hydrogens is 274 g/mol. The molecule has 4 nitrogen and oxygen atoms in total. The molecule has 1 N–H and O–H groups in total. The number of carbonyl (C=O) groups is 1. The van der Waals surface area contributed by atoms with Crippen LogP contribution < -0.4 is 5.32 Å². The SMILES string of the molecule is CCOC(CNC(=O)c1csc2ccccc12)OCC. The number of thiophene rings is 1. The topological polar surface area (TPSA) is 47.6 Å². The number of benzene rings is 1. The highest BCUT2D eigenvalue weighted by molar-refractivity contribution is 7.17. The Hall–Kier alpha value is -1.43. The number of nitrogens with one attached hydrogen (secondary N) is 1. The normalized spacial score (nSPS) is 11.2. The van der Waals surface area contributed by atoms with E-state index in [1.54, 1.807) is 11.3 Å². The summed E-state index contributed by atoms with van der Waals surface area (Å²) in [6, 6.07) is 7.89. The number of ether oxygens (including phenoxy) is 2. The van der Waals surface area contributed by atoms with Crippen molar-refractivity contribution in [2.45, 2.75) is 20.1 Å². The van der Waals surface area contributed by atoms with E-state index < -0.39 is 0 Å². The van der Waals surface area contributed by atoms with E-state index in [0.717, 1.165) is 10.1 Å². The van der Waals surface area contributed by atoms with Gasteiger partial charge < -0.3 is 14.8 Å². The van der Waals surface area contributed by atoms with Crippen molar-refractivity contribution >= 4 is 27.3 Å². The van der Waals surface area contributed by atoms with Gasteiger partial charge >= 0.3 is 0 Å². The summed E-state index contributed by atoms with van der Waals surface area (Å²) < 4.78 is 11.9. The van der Waals surface area contributed by atoms with Gasteiger partial charge in [0.25, 0.3) is 5.91 Å². The lowest BCUT2D eigenvalue weighted by molar-refractivity contribution is -0.131. The number of fused-ring (bicyclic) bond motifs is 1. The van der Waals surface area contributed by atoms with E-state index in [-0.39, 0.29) is 12.2 Å². The third-order valence-corrected chi connectivity index (χ3v) is 3.82. The van der Waals surface area contributed by atoms with Crippen molar-refractivity contribution in [1.82, 2.24) is 5.32 Å². The summed E-state index contributed by atoms with van der Waals surface area (Å²) >= 11 is 1.57. The van der Waals surface area contributed by atoms with Crippen molar-refractivity contribution in [3.05, 3.63) is 35.2 Å². The zero-order chi connectivity index (χ0) is 14.4. The molecule has 0 aliphatic heterocycles. The molecule has 108 valence electrons. The highest BCUT2D eigenvalue weighted by atomic mass is 32.1. The van der Waals surface area contributed by atoms with Gasteiger partial charge in [0.2, 0.25) is 0 Å². The van der Waals surface area contributed by atoms with E-state index >= 15 is 0 Å². The average molecular weight is 293 g/mol. The molecule has 2 rings (SSSR count). The van der Waals surface area contributed by atoms with Gasteiger partial charge in [-0.3, -0.25) is 4.79 Å². The molecule has 1 amide bonds. The molecule has 0 bridgehead atoms. The number of hydrogen-bond donors (Lipinski definition) is 1. The van der Waals surface area contributed by atoms with Gasteiger partial charge in [-0.25, -0.2) is 0 Å². The maximum atomic E-state index is 12.2. The van der Waals surface area contributed by atoms with Crippen molar-refractivity contribution in [2.24, 2.45) is 0 Å². The van der Waals surface area contributed by atoms with Crippen LogP contribution in [0, 0.1) is 0 Å². The van der Waals surface area contributed by atoms with Gasteiger partial charge in [-0.2, -0.15) is 0 Å². The van der Waals surface area contributed by atoms with E-state index in [2.05, 4.69) is 5.32 Å². The predicted molar refractivity (Wildman–Crippen MR) is 81.2 cm³/mol. The molecule has 0 atom stereocenters. The van der Waals surface area contributed by atoms with Gasteiger partial charge in [0.05, 0.1) is 12.1 Å². The maximum Gasteiger partial charge on any atom is 0.252 e. The van der Waals surface area contributed by atoms with E-state index in [1.165, 1.54) is 0 Å². The summed E-state index contributed by atoms with van der Waals surface area (Å²) in [5.41, 5.74) is 0.706. The standard InChI is InChI=1S/C15H19NO3S/c1-3-18-14(19-4-2)9-16-15(17)12-10-20-13-8-6-5-7-11(12)13/h5-8,10,14H,3-4,9H2,1-2H3,(H,16,17). The summed E-state index contributed by atoms with van der Waals surface area (Å²) in [4.78, 5) is 12.2. The first-order valence-corrected chi connectivity index (χ1v) is 7.61. The largest absolute Gasteiger partial charge is 0.351 e. The first kappa shape index (κ1) is 15.0. The van der Waals surface area contributed by atoms with Crippen LogP contribution in [0.1, 0.15) is 24.2 Å². The Morgan fingerprint density at radius 1 is 1.25 bits per heavy atom. The molecule has 1 aromatic carbocycles. The third-order valence-electron chi connectivity index (χ3n) is 2.86. The van der Waals surface area contributed by atoms with Gasteiger partial charge in [0.15, 0.2) is 6.29 Å². The van der Waals surface area contributed by atoms with E-state index in [9.17, 15) is 4.79 Å². The van der Waals surface area contributed by atoms with Crippen molar-refractivity contribution in [1.29, 1.82) is 0 Å². The summed E-state index contributed by atoms with van der Waals surface area (Å²) in [5, 5.41) is 5.74. The monoisotopic (exact) mass is 293 g/mol. The van der Waals surface area contributed by atoms with Crippen LogP contribution in [0.3, 0.4) is 0 Å². The van der Waals surface area contributed by atoms with Crippen molar-refractivity contribution in [2.75, 3.05) is 19.8 Å². The quantitative estimate of drug-likeness (QED) is 0.798. The van der Waals surface area contributed by atoms with E-state index in [0.29, 0.717) is 25.3 Å². The fraction of sp³-hybridized carbons (Fsp3) is 0.400. The molecular formula is C15H19NO3S. The Balaban J connectivity index is 2.01. The predicted octanol–water partition coefficient (Wildman–Crippen LogP) is 3.03.